The van der Waals surface area contributed by atoms with Crippen molar-refractivity contribution >= 4 is 40.7 Å². The van der Waals surface area contributed by atoms with E-state index in [1.54, 1.807) is 17.7 Å². The van der Waals surface area contributed by atoms with Gasteiger partial charge in [-0.15, -0.1) is 11.3 Å². The molecule has 1 aliphatic carbocycles. The summed E-state index contributed by atoms with van der Waals surface area (Å²) in [7, 11) is 6.58. The number of hydrogen-bond donors (Lipinski definition) is 1. The summed E-state index contributed by atoms with van der Waals surface area (Å²) in [4.78, 5) is 13.9. The van der Waals surface area contributed by atoms with Crippen LogP contribution in [-0.4, -0.2) is 48.9 Å². The summed E-state index contributed by atoms with van der Waals surface area (Å²) >= 11 is 1.81. The van der Waals surface area contributed by atoms with Crippen LogP contribution in [0.15, 0.2) is 6.33 Å². The predicted octanol–water partition coefficient (Wildman–Crippen LogP) is 1.80. The van der Waals surface area contributed by atoms with Crippen molar-refractivity contribution in [1.82, 2.24) is 14.9 Å². The summed E-state index contributed by atoms with van der Waals surface area (Å²) in [6.07, 6.45) is 7.74. The average Bonchev–Trinajstić information content (AvgIpc) is 2.85. The predicted molar refractivity (Wildman–Crippen MR) is 98.3 cm³/mol. The molecular weight excluding hydrogens is 291 g/mol. The zero-order valence-electron chi connectivity index (χ0n) is 14.0. The molecule has 0 radical (unpaired) electrons. The molecule has 118 valence electrons. The highest BCUT2D eigenvalue weighted by Crippen LogP contribution is 2.29. The molecule has 6 heteroatoms. The van der Waals surface area contributed by atoms with Gasteiger partial charge >= 0.3 is 0 Å². The maximum absolute atomic E-state index is 4.54. The monoisotopic (exact) mass is 316 g/mol. The lowest BCUT2D eigenvalue weighted by atomic mass is 9.90. The first-order valence-corrected chi connectivity index (χ1v) is 9.07. The Morgan fingerprint density at radius 3 is 2.64 bits per heavy atom. The third-order valence-corrected chi connectivity index (χ3v) is 6.26. The highest BCUT2D eigenvalue weighted by molar-refractivity contribution is 7.20. The molecule has 0 aliphatic heterocycles. The summed E-state index contributed by atoms with van der Waals surface area (Å²) in [5, 5.41) is 4.93. The Hall–Kier alpha value is -1.14. The second-order valence-electron chi connectivity index (χ2n) is 6.52. The smallest absolute Gasteiger partial charge is 0.141 e. The molecule has 1 saturated carbocycles. The third kappa shape index (κ3) is 2.99. The van der Waals surface area contributed by atoms with Gasteiger partial charge in [0.05, 0.1) is 0 Å². The molecule has 0 amide bonds. The topological polar surface area (TPSA) is 41.1 Å². The van der Waals surface area contributed by atoms with Crippen molar-refractivity contribution in [3.8, 4) is 0 Å². The van der Waals surface area contributed by atoms with Crippen molar-refractivity contribution in [2.24, 2.45) is 0 Å². The molecule has 1 N–H and O–H groups in total. The Kier molecular flexibility index (Phi) is 4.69. The Morgan fingerprint density at radius 1 is 1.27 bits per heavy atom. The number of anilines is 1. The molecule has 2 aromatic heterocycles. The van der Waals surface area contributed by atoms with Gasteiger partial charge in [0.15, 0.2) is 0 Å². The van der Waals surface area contributed by atoms with E-state index in [0.717, 1.165) is 23.1 Å². The van der Waals surface area contributed by atoms with E-state index in [1.165, 1.54) is 41.4 Å². The summed E-state index contributed by atoms with van der Waals surface area (Å²) in [5.41, 5.74) is 1.35. The fourth-order valence-corrected chi connectivity index (χ4v) is 4.58. The number of aryl methyl sites for hydroxylation is 1. The van der Waals surface area contributed by atoms with E-state index in [-0.39, 0.29) is 0 Å². The first kappa shape index (κ1) is 15.7. The van der Waals surface area contributed by atoms with E-state index in [4.69, 9.17) is 0 Å². The fraction of sp³-hybridized carbons (Fsp3) is 0.625. The Balaban J connectivity index is 1.79. The van der Waals surface area contributed by atoms with Gasteiger partial charge in [0.25, 0.3) is 0 Å². The Morgan fingerprint density at radius 2 is 2.00 bits per heavy atom. The highest BCUT2D eigenvalue weighted by Gasteiger charge is 2.23. The Labute approximate surface area is 137 Å². The lowest BCUT2D eigenvalue weighted by molar-refractivity contribution is 0.221. The first-order chi connectivity index (χ1) is 10.6. The Bertz CT molecular complexity index is 647. The van der Waals surface area contributed by atoms with Crippen LogP contribution in [0, 0.1) is 0 Å². The lowest BCUT2D eigenvalue weighted by Crippen LogP contribution is -2.36. The highest BCUT2D eigenvalue weighted by atomic mass is 32.1. The van der Waals surface area contributed by atoms with Crippen LogP contribution in [0.25, 0.3) is 10.2 Å². The molecule has 2 aromatic rings. The largest absolute Gasteiger partial charge is 0.367 e. The minimum Gasteiger partial charge on any atom is -0.367 e. The summed E-state index contributed by atoms with van der Waals surface area (Å²) in [6, 6.07) is 1.27. The lowest BCUT2D eigenvalue weighted by Gasteiger charge is -2.33. The zero-order chi connectivity index (χ0) is 15.7. The fourth-order valence-electron chi connectivity index (χ4n) is 3.49. The molecule has 0 bridgehead atoms. The van der Waals surface area contributed by atoms with Crippen molar-refractivity contribution < 1.29 is 0 Å². The molecule has 22 heavy (non-hydrogen) atoms. The van der Waals surface area contributed by atoms with Gasteiger partial charge in [-0.1, -0.05) is 12.4 Å². The molecule has 1 aliphatic rings. The number of aromatic nitrogens is 2. The van der Waals surface area contributed by atoms with E-state index in [2.05, 4.69) is 49.1 Å². The maximum Gasteiger partial charge on any atom is 0.141 e. The second kappa shape index (κ2) is 6.55. The minimum absolute atomic E-state index is 0.540. The van der Waals surface area contributed by atoms with Gasteiger partial charge in [-0.2, -0.15) is 0 Å². The van der Waals surface area contributed by atoms with Crippen LogP contribution in [0.2, 0.25) is 0 Å². The van der Waals surface area contributed by atoms with E-state index < -0.39 is 0 Å². The van der Waals surface area contributed by atoms with Crippen LogP contribution in [0.4, 0.5) is 5.82 Å². The van der Waals surface area contributed by atoms with Crippen molar-refractivity contribution in [2.75, 3.05) is 19.4 Å². The molecule has 0 spiro atoms. The van der Waals surface area contributed by atoms with Gasteiger partial charge < -0.3 is 10.2 Å². The molecule has 3 rings (SSSR count). The van der Waals surface area contributed by atoms with Crippen molar-refractivity contribution in [1.29, 1.82) is 0 Å². The van der Waals surface area contributed by atoms with Gasteiger partial charge in [-0.25, -0.2) is 9.97 Å². The van der Waals surface area contributed by atoms with Crippen molar-refractivity contribution in [3.05, 3.63) is 11.2 Å². The van der Waals surface area contributed by atoms with Gasteiger partial charge in [-0.05, 0) is 46.2 Å². The number of thiophene rings is 1. The molecular formula is C16H25BN4S. The van der Waals surface area contributed by atoms with E-state index in [1.807, 2.05) is 0 Å². The van der Waals surface area contributed by atoms with E-state index in [9.17, 15) is 0 Å². The molecule has 0 saturated heterocycles. The zero-order valence-corrected chi connectivity index (χ0v) is 14.8. The molecule has 0 atom stereocenters. The minimum atomic E-state index is 0.540. The van der Waals surface area contributed by atoms with Crippen LogP contribution in [-0.2, 0) is 6.42 Å². The van der Waals surface area contributed by atoms with Gasteiger partial charge in [0, 0.05) is 22.3 Å². The van der Waals surface area contributed by atoms with Crippen molar-refractivity contribution in [3.63, 3.8) is 0 Å². The molecule has 2 heterocycles. The van der Waals surface area contributed by atoms with Crippen LogP contribution >= 0.6 is 11.3 Å². The van der Waals surface area contributed by atoms with E-state index in [0.29, 0.717) is 6.04 Å². The normalized spacial score (nSPS) is 22.4. The second-order valence-corrected chi connectivity index (χ2v) is 7.60. The van der Waals surface area contributed by atoms with Crippen LogP contribution < -0.4 is 10.8 Å². The number of nitrogens with one attached hydrogen (secondary N) is 1. The van der Waals surface area contributed by atoms with Gasteiger partial charge in [0.1, 0.15) is 24.8 Å². The molecule has 4 nitrogen and oxygen atoms in total. The molecule has 0 unspecified atom stereocenters. The quantitative estimate of drug-likeness (QED) is 0.873. The average molecular weight is 316 g/mol. The number of rotatable bonds is 4. The molecule has 0 aromatic carbocycles. The standard InChI is InChI=1S/C16H25BN4S/c1-4-12-14(17)13-15(18-9-19-16(13)22-12)20-10-5-7-11(8-6-10)21(2)3/h9-11H,4-8,17H2,1-3H3,(H,18,19,20)/t10-,11-. The molecule has 1 fully saturated rings. The number of hydrogen-bond acceptors (Lipinski definition) is 5. The maximum atomic E-state index is 4.54. The van der Waals surface area contributed by atoms with Crippen LogP contribution in [0.3, 0.4) is 0 Å². The van der Waals surface area contributed by atoms with Gasteiger partial charge in [-0.3, -0.25) is 0 Å². The summed E-state index contributed by atoms with van der Waals surface area (Å²) < 4.78 is 0. The SMILES string of the molecule is Bc1c(CC)sc2ncnc(N[C@H]3CC[C@H](N(C)C)CC3)c12. The van der Waals surface area contributed by atoms with E-state index >= 15 is 0 Å². The van der Waals surface area contributed by atoms with Crippen LogP contribution in [0.5, 0.6) is 0 Å². The summed E-state index contributed by atoms with van der Waals surface area (Å²) in [5.74, 6) is 1.03. The summed E-state index contributed by atoms with van der Waals surface area (Å²) in [6.45, 7) is 2.21. The number of nitrogens with zero attached hydrogens (tertiary/aromatic N) is 3. The first-order valence-electron chi connectivity index (χ1n) is 8.26. The van der Waals surface area contributed by atoms with Crippen molar-refractivity contribution in [2.45, 2.75) is 51.1 Å². The van der Waals surface area contributed by atoms with Crippen LogP contribution in [0.1, 0.15) is 37.5 Å². The third-order valence-electron chi connectivity index (χ3n) is 4.91. The number of fused-ring (bicyclic) bond motifs is 1. The van der Waals surface area contributed by atoms with Gasteiger partial charge in [0.2, 0.25) is 0 Å².